The van der Waals surface area contributed by atoms with Crippen LogP contribution < -0.4 is 0 Å². The van der Waals surface area contributed by atoms with Crippen molar-refractivity contribution in [3.8, 4) is 0 Å². The molecule has 0 bridgehead atoms. The minimum Gasteiger partial charge on any atom is -0.0968 e. The van der Waals surface area contributed by atoms with E-state index in [0.29, 0.717) is 0 Å². The molecule has 0 aromatic carbocycles. The molecule has 0 saturated heterocycles. The molecule has 0 amide bonds. The minimum absolute atomic E-state index is 0.958. The third-order valence-electron chi connectivity index (χ3n) is 9.96. The number of hydrogen-bond donors (Lipinski definition) is 0. The Labute approximate surface area is 272 Å². The Hall–Kier alpha value is -0.790. The summed E-state index contributed by atoms with van der Waals surface area (Å²) in [6, 6.07) is 0. The van der Waals surface area contributed by atoms with Gasteiger partial charge in [-0.3, -0.25) is 0 Å². The molecule has 43 heavy (non-hydrogen) atoms. The first kappa shape index (κ1) is 40.2. The molecule has 0 radical (unpaired) electrons. The van der Waals surface area contributed by atoms with Crippen LogP contribution in [0.3, 0.4) is 0 Å². The molecule has 1 unspecified atom stereocenters. The Balaban J connectivity index is 2.00. The number of hydrogen-bond acceptors (Lipinski definition) is 2. The van der Waals surface area contributed by atoms with Gasteiger partial charge in [-0.05, 0) is 12.3 Å². The summed E-state index contributed by atoms with van der Waals surface area (Å²) in [5, 5.41) is 0. The number of aliphatic imine (C=N–C) groups is 2. The van der Waals surface area contributed by atoms with E-state index in [1.807, 2.05) is 12.4 Å². The first-order valence-corrected chi connectivity index (χ1v) is 20.3. The highest BCUT2D eigenvalue weighted by Gasteiger charge is 2.16. The second-order valence-electron chi connectivity index (χ2n) is 14.2. The monoisotopic (exact) mass is 600 g/mol. The van der Waals surface area contributed by atoms with Crippen molar-refractivity contribution in [3.63, 3.8) is 0 Å². The van der Waals surface area contributed by atoms with E-state index >= 15 is 0 Å². The van der Waals surface area contributed by atoms with E-state index < -0.39 is 0 Å². The van der Waals surface area contributed by atoms with Gasteiger partial charge in [-0.1, -0.05) is 236 Å². The largest absolute Gasteiger partial charge is 0.240 e. The average molecular weight is 600 g/mol. The molecular formula is C41H79N2+. The maximum absolute atomic E-state index is 4.36. The van der Waals surface area contributed by atoms with Crippen LogP contribution in [0.1, 0.15) is 239 Å². The lowest BCUT2D eigenvalue weighted by Gasteiger charge is -2.17. The van der Waals surface area contributed by atoms with Crippen molar-refractivity contribution in [2.75, 3.05) is 0 Å². The third kappa shape index (κ3) is 29.7. The predicted octanol–water partition coefficient (Wildman–Crippen LogP) is 14.9. The lowest BCUT2D eigenvalue weighted by Crippen LogP contribution is -2.02. The SMILES string of the molecule is CCCCCCCCCCCCCCCCCCC(CCCCCCCCCCCCCCC)CCCC[C+]1N=CC=N1. The first-order valence-electron chi connectivity index (χ1n) is 20.3. The fourth-order valence-corrected chi connectivity index (χ4v) is 6.98. The van der Waals surface area contributed by atoms with Crippen molar-refractivity contribution in [1.29, 1.82) is 0 Å². The van der Waals surface area contributed by atoms with Gasteiger partial charge >= 0.3 is 0 Å². The maximum Gasteiger partial charge on any atom is 0.240 e. The van der Waals surface area contributed by atoms with Crippen LogP contribution in [-0.2, 0) is 0 Å². The van der Waals surface area contributed by atoms with E-state index in [-0.39, 0.29) is 0 Å². The van der Waals surface area contributed by atoms with Gasteiger partial charge in [0.1, 0.15) is 0 Å². The van der Waals surface area contributed by atoms with Crippen molar-refractivity contribution < 1.29 is 0 Å². The average Bonchev–Trinajstić information content (AvgIpc) is 3.54. The van der Waals surface area contributed by atoms with E-state index in [2.05, 4.69) is 23.8 Å². The summed E-state index contributed by atoms with van der Waals surface area (Å²) in [4.78, 5) is 8.73. The summed E-state index contributed by atoms with van der Waals surface area (Å²) >= 11 is 0. The van der Waals surface area contributed by atoms with Gasteiger partial charge in [0.15, 0.2) is 12.4 Å². The molecule has 0 aromatic heterocycles. The van der Waals surface area contributed by atoms with Gasteiger partial charge in [-0.15, -0.1) is 0 Å². The van der Waals surface area contributed by atoms with Crippen molar-refractivity contribution >= 4 is 12.4 Å². The Morgan fingerprint density at radius 1 is 0.349 bits per heavy atom. The fourth-order valence-electron chi connectivity index (χ4n) is 6.98. The van der Waals surface area contributed by atoms with Crippen molar-refractivity contribution in [1.82, 2.24) is 0 Å². The molecular weight excluding hydrogens is 520 g/mol. The Kier molecular flexibility index (Phi) is 31.9. The quantitative estimate of drug-likeness (QED) is 0.0505. The molecule has 1 heterocycles. The first-order chi connectivity index (χ1) is 21.4. The van der Waals surface area contributed by atoms with Crippen LogP contribution in [0.15, 0.2) is 9.98 Å². The van der Waals surface area contributed by atoms with E-state index in [4.69, 9.17) is 0 Å². The zero-order valence-corrected chi connectivity index (χ0v) is 29.9. The predicted molar refractivity (Wildman–Crippen MR) is 197 cm³/mol. The van der Waals surface area contributed by atoms with E-state index in [0.717, 1.165) is 18.5 Å². The standard InChI is InChI=1S/C41H79N2/c1-3-5-7-9-11-13-15-17-18-19-21-23-25-27-29-31-35-40(36-32-33-37-41-42-38-39-43-41)34-30-28-26-24-22-20-16-14-12-10-8-6-4-2/h38-40H,3-37H2,1-2H3/q+1. The summed E-state index contributed by atoms with van der Waals surface area (Å²) < 4.78 is 0. The molecule has 0 N–H and O–H groups in total. The number of nitrogens with zero attached hydrogens (tertiary/aromatic N) is 2. The normalized spacial score (nSPS) is 13.5. The lowest BCUT2D eigenvalue weighted by molar-refractivity contribution is 0.366. The van der Waals surface area contributed by atoms with Gasteiger partial charge in [-0.2, -0.15) is 0 Å². The van der Waals surface area contributed by atoms with E-state index in [1.54, 1.807) is 0 Å². The van der Waals surface area contributed by atoms with Gasteiger partial charge in [0, 0.05) is 0 Å². The van der Waals surface area contributed by atoms with Crippen LogP contribution >= 0.6 is 0 Å². The molecule has 1 atom stereocenters. The van der Waals surface area contributed by atoms with Crippen molar-refractivity contribution in [2.45, 2.75) is 239 Å². The summed E-state index contributed by atoms with van der Waals surface area (Å²) in [6.07, 6.45) is 55.2. The summed E-state index contributed by atoms with van der Waals surface area (Å²) in [5.41, 5.74) is 0. The molecule has 2 nitrogen and oxygen atoms in total. The maximum atomic E-state index is 4.36. The topological polar surface area (TPSA) is 24.7 Å². The summed E-state index contributed by atoms with van der Waals surface area (Å²) in [5.74, 6) is 0.958. The Bertz CT molecular complexity index is 570. The zero-order chi connectivity index (χ0) is 30.7. The number of unbranched alkanes of at least 4 members (excludes halogenated alkanes) is 28. The molecule has 1 rings (SSSR count). The van der Waals surface area contributed by atoms with Crippen LogP contribution in [-0.4, -0.2) is 12.4 Å². The Morgan fingerprint density at radius 3 is 0.907 bits per heavy atom. The van der Waals surface area contributed by atoms with Gasteiger partial charge in [0.05, 0.1) is 6.42 Å². The zero-order valence-electron chi connectivity index (χ0n) is 29.9. The molecule has 0 saturated carbocycles. The van der Waals surface area contributed by atoms with Crippen molar-refractivity contribution in [3.05, 3.63) is 6.17 Å². The molecule has 2 heteroatoms. The van der Waals surface area contributed by atoms with Crippen LogP contribution in [0.2, 0.25) is 0 Å². The smallest absolute Gasteiger partial charge is 0.0968 e. The van der Waals surface area contributed by atoms with Gasteiger partial charge < -0.3 is 0 Å². The third-order valence-corrected chi connectivity index (χ3v) is 9.96. The summed E-state index contributed by atoms with van der Waals surface area (Å²) in [6.45, 7) is 4.62. The van der Waals surface area contributed by atoms with E-state index in [1.165, 1.54) is 218 Å². The molecule has 0 fully saturated rings. The van der Waals surface area contributed by atoms with Gasteiger partial charge in [0.25, 0.3) is 0 Å². The van der Waals surface area contributed by atoms with Gasteiger partial charge in [-0.25, -0.2) is 0 Å². The highest BCUT2D eigenvalue weighted by atomic mass is 15.0. The van der Waals surface area contributed by atoms with Crippen LogP contribution in [0.5, 0.6) is 0 Å². The van der Waals surface area contributed by atoms with Crippen LogP contribution in [0.4, 0.5) is 0 Å². The van der Waals surface area contributed by atoms with Crippen LogP contribution in [0.25, 0.3) is 0 Å². The van der Waals surface area contributed by atoms with Gasteiger partial charge in [0.2, 0.25) is 6.17 Å². The molecule has 0 spiro atoms. The fraction of sp³-hybridized carbons (Fsp3) is 0.927. The van der Waals surface area contributed by atoms with Crippen LogP contribution in [0, 0.1) is 12.1 Å². The molecule has 252 valence electrons. The molecule has 0 aliphatic carbocycles. The highest BCUT2D eigenvalue weighted by molar-refractivity contribution is 6.18. The van der Waals surface area contributed by atoms with Crippen molar-refractivity contribution in [2.24, 2.45) is 15.9 Å². The van der Waals surface area contributed by atoms with E-state index in [9.17, 15) is 0 Å². The second-order valence-corrected chi connectivity index (χ2v) is 14.2. The highest BCUT2D eigenvalue weighted by Crippen LogP contribution is 2.26. The lowest BCUT2D eigenvalue weighted by atomic mass is 9.89. The second kappa shape index (κ2) is 34.1. The molecule has 0 aromatic rings. The summed E-state index contributed by atoms with van der Waals surface area (Å²) in [7, 11) is 0. The Morgan fingerprint density at radius 2 is 0.605 bits per heavy atom. The minimum atomic E-state index is 0.958. The number of rotatable bonds is 36. The molecule has 1 aliphatic heterocycles. The molecule has 1 aliphatic rings.